The first-order valence-electron chi connectivity index (χ1n) is 11.7. The minimum absolute atomic E-state index is 0.0853. The topological polar surface area (TPSA) is 80.2 Å². The number of ketones is 1. The van der Waals surface area contributed by atoms with Crippen molar-refractivity contribution in [2.24, 2.45) is 11.8 Å². The van der Waals surface area contributed by atoms with Gasteiger partial charge in [0.2, 0.25) is 0 Å². The molecule has 32 heavy (non-hydrogen) atoms. The standard InChI is InChI=1S/C24H32ClN5O2/c1-2-30-7-3-4-18(16-30)23(31)11-19-10-20(21(25)13-27-19)22-14-26-15-24(29-22)28-12-17-5-8-32-9-6-17/h10,13-15,17-18H,2-9,11-12,16H2,1H3,(H,28,29)/t18-/m0/s1. The van der Waals surface area contributed by atoms with Gasteiger partial charge in [-0.05, 0) is 50.8 Å². The highest BCUT2D eigenvalue weighted by molar-refractivity contribution is 6.33. The minimum atomic E-state index is 0.0853. The van der Waals surface area contributed by atoms with E-state index in [1.54, 1.807) is 18.6 Å². The predicted octanol–water partition coefficient (Wildman–Crippen LogP) is 3.87. The SMILES string of the molecule is CCN1CCC[C@H](C(=O)Cc2cc(-c3cncc(NCC4CCOCC4)n3)c(Cl)cn2)C1. The van der Waals surface area contributed by atoms with Gasteiger partial charge in [0.15, 0.2) is 0 Å². The Balaban J connectivity index is 1.43. The highest BCUT2D eigenvalue weighted by atomic mass is 35.5. The van der Waals surface area contributed by atoms with Gasteiger partial charge in [0, 0.05) is 56.1 Å². The molecule has 0 unspecified atom stereocenters. The Morgan fingerprint density at radius 3 is 2.91 bits per heavy atom. The van der Waals surface area contributed by atoms with Crippen LogP contribution < -0.4 is 5.32 Å². The van der Waals surface area contributed by atoms with Crippen molar-refractivity contribution in [2.45, 2.75) is 39.0 Å². The average molecular weight is 458 g/mol. The fourth-order valence-electron chi connectivity index (χ4n) is 4.48. The lowest BCUT2D eigenvalue weighted by molar-refractivity contribution is -0.123. The number of ether oxygens (including phenoxy) is 1. The maximum atomic E-state index is 12.9. The zero-order valence-corrected chi connectivity index (χ0v) is 19.5. The second-order valence-electron chi connectivity index (χ2n) is 8.76. The van der Waals surface area contributed by atoms with E-state index >= 15 is 0 Å². The van der Waals surface area contributed by atoms with Crippen molar-refractivity contribution >= 4 is 23.2 Å². The first kappa shape index (κ1) is 23.1. The molecule has 0 saturated carbocycles. The van der Waals surface area contributed by atoms with Crippen LogP contribution in [0.5, 0.6) is 0 Å². The molecular formula is C24H32ClN5O2. The van der Waals surface area contributed by atoms with E-state index in [2.05, 4.69) is 27.1 Å². The molecule has 0 spiro atoms. The molecule has 1 atom stereocenters. The third kappa shape index (κ3) is 6.03. The van der Waals surface area contributed by atoms with Crippen molar-refractivity contribution in [3.63, 3.8) is 0 Å². The fourth-order valence-corrected chi connectivity index (χ4v) is 4.68. The Morgan fingerprint density at radius 1 is 1.25 bits per heavy atom. The molecule has 0 amide bonds. The number of likely N-dealkylation sites (tertiary alicyclic amines) is 1. The Morgan fingerprint density at radius 2 is 2.09 bits per heavy atom. The average Bonchev–Trinajstić information content (AvgIpc) is 2.84. The highest BCUT2D eigenvalue weighted by Crippen LogP contribution is 2.28. The number of pyridine rings is 1. The molecule has 2 aromatic heterocycles. The van der Waals surface area contributed by atoms with E-state index in [1.807, 2.05) is 6.07 Å². The van der Waals surface area contributed by atoms with Gasteiger partial charge in [-0.25, -0.2) is 4.98 Å². The first-order valence-corrected chi connectivity index (χ1v) is 12.0. The summed E-state index contributed by atoms with van der Waals surface area (Å²) in [6, 6.07) is 1.88. The van der Waals surface area contributed by atoms with Crippen molar-refractivity contribution in [2.75, 3.05) is 44.7 Å². The summed E-state index contributed by atoms with van der Waals surface area (Å²) in [5.41, 5.74) is 2.16. The number of Topliss-reactive ketones (excluding diaryl/α,β-unsaturated/α-hetero) is 1. The van der Waals surface area contributed by atoms with E-state index in [9.17, 15) is 4.79 Å². The zero-order chi connectivity index (χ0) is 22.3. The third-order valence-electron chi connectivity index (χ3n) is 6.50. The van der Waals surface area contributed by atoms with Crippen molar-refractivity contribution in [1.82, 2.24) is 19.9 Å². The monoisotopic (exact) mass is 457 g/mol. The molecule has 2 aromatic rings. The lowest BCUT2D eigenvalue weighted by Gasteiger charge is -2.30. The summed E-state index contributed by atoms with van der Waals surface area (Å²) >= 11 is 6.45. The number of nitrogens with zero attached hydrogens (tertiary/aromatic N) is 4. The van der Waals surface area contributed by atoms with Crippen LogP contribution in [0.2, 0.25) is 5.02 Å². The van der Waals surface area contributed by atoms with E-state index in [4.69, 9.17) is 21.3 Å². The third-order valence-corrected chi connectivity index (χ3v) is 6.80. The van der Waals surface area contributed by atoms with Crippen LogP contribution >= 0.6 is 11.6 Å². The van der Waals surface area contributed by atoms with Gasteiger partial charge in [-0.15, -0.1) is 0 Å². The second kappa shape index (κ2) is 11.2. The van der Waals surface area contributed by atoms with Gasteiger partial charge in [-0.2, -0.15) is 0 Å². The fraction of sp³-hybridized carbons (Fsp3) is 0.583. The summed E-state index contributed by atoms with van der Waals surface area (Å²) in [5.74, 6) is 1.64. The summed E-state index contributed by atoms with van der Waals surface area (Å²) < 4.78 is 5.43. The number of piperidine rings is 1. The highest BCUT2D eigenvalue weighted by Gasteiger charge is 2.25. The van der Waals surface area contributed by atoms with E-state index in [-0.39, 0.29) is 11.7 Å². The maximum Gasteiger partial charge on any atom is 0.145 e. The van der Waals surface area contributed by atoms with Gasteiger partial charge in [-0.3, -0.25) is 14.8 Å². The van der Waals surface area contributed by atoms with Crippen LogP contribution in [0.3, 0.4) is 0 Å². The molecular weight excluding hydrogens is 426 g/mol. The van der Waals surface area contributed by atoms with Crippen molar-refractivity contribution in [3.05, 3.63) is 35.4 Å². The molecule has 7 nitrogen and oxygen atoms in total. The van der Waals surface area contributed by atoms with Crippen LogP contribution in [-0.2, 0) is 16.0 Å². The van der Waals surface area contributed by atoms with E-state index in [1.165, 1.54) is 0 Å². The molecule has 0 radical (unpaired) electrons. The number of rotatable bonds is 8. The van der Waals surface area contributed by atoms with Crippen LogP contribution in [-0.4, -0.2) is 65.0 Å². The maximum absolute atomic E-state index is 12.9. The largest absolute Gasteiger partial charge is 0.381 e. The Bertz CT molecular complexity index is 919. The van der Waals surface area contributed by atoms with Crippen LogP contribution in [0.25, 0.3) is 11.3 Å². The van der Waals surface area contributed by atoms with Gasteiger partial charge in [-0.1, -0.05) is 18.5 Å². The van der Waals surface area contributed by atoms with Gasteiger partial charge in [0.1, 0.15) is 11.6 Å². The number of hydrogen-bond acceptors (Lipinski definition) is 7. The van der Waals surface area contributed by atoms with Gasteiger partial charge in [0.25, 0.3) is 0 Å². The number of hydrogen-bond donors (Lipinski definition) is 1. The molecule has 0 bridgehead atoms. The molecule has 172 valence electrons. The minimum Gasteiger partial charge on any atom is -0.381 e. The van der Waals surface area contributed by atoms with E-state index in [0.29, 0.717) is 23.1 Å². The summed E-state index contributed by atoms with van der Waals surface area (Å²) in [6.45, 7) is 7.57. The number of anilines is 1. The van der Waals surface area contributed by atoms with E-state index in [0.717, 1.165) is 82.2 Å². The molecule has 4 rings (SSSR count). The zero-order valence-electron chi connectivity index (χ0n) is 18.7. The van der Waals surface area contributed by atoms with Crippen LogP contribution in [0.1, 0.15) is 38.3 Å². The number of carbonyl (C=O) groups is 1. The molecule has 8 heteroatoms. The number of carbonyl (C=O) groups excluding carboxylic acids is 1. The Labute approximate surface area is 194 Å². The quantitative estimate of drug-likeness (QED) is 0.644. The van der Waals surface area contributed by atoms with Gasteiger partial charge < -0.3 is 15.0 Å². The van der Waals surface area contributed by atoms with Crippen molar-refractivity contribution in [1.29, 1.82) is 0 Å². The summed E-state index contributed by atoms with van der Waals surface area (Å²) in [6.07, 6.45) is 9.52. The summed E-state index contributed by atoms with van der Waals surface area (Å²) in [7, 11) is 0. The van der Waals surface area contributed by atoms with Crippen LogP contribution in [0.4, 0.5) is 5.82 Å². The van der Waals surface area contributed by atoms with Crippen LogP contribution in [0, 0.1) is 11.8 Å². The summed E-state index contributed by atoms with van der Waals surface area (Å²) in [4.78, 5) is 28.7. The number of nitrogens with one attached hydrogen (secondary N) is 1. The normalized spacial score (nSPS) is 20.2. The van der Waals surface area contributed by atoms with Gasteiger partial charge >= 0.3 is 0 Å². The Kier molecular flexibility index (Phi) is 8.05. The molecule has 0 aliphatic carbocycles. The lowest BCUT2D eigenvalue weighted by Crippen LogP contribution is -2.39. The van der Waals surface area contributed by atoms with E-state index < -0.39 is 0 Å². The molecule has 2 aliphatic rings. The Hall–Kier alpha value is -2.09. The molecule has 2 aliphatic heterocycles. The first-order chi connectivity index (χ1) is 15.6. The van der Waals surface area contributed by atoms with Gasteiger partial charge in [0.05, 0.1) is 23.1 Å². The lowest BCUT2D eigenvalue weighted by atomic mass is 9.91. The predicted molar refractivity (Wildman–Crippen MR) is 126 cm³/mol. The number of aromatic nitrogens is 3. The smallest absolute Gasteiger partial charge is 0.145 e. The van der Waals surface area contributed by atoms with Crippen LogP contribution in [0.15, 0.2) is 24.7 Å². The number of halogens is 1. The molecule has 4 heterocycles. The van der Waals surface area contributed by atoms with Crippen molar-refractivity contribution in [3.8, 4) is 11.3 Å². The molecule has 1 N–H and O–H groups in total. The summed E-state index contributed by atoms with van der Waals surface area (Å²) in [5, 5.41) is 3.90. The molecule has 2 fully saturated rings. The molecule has 0 aromatic carbocycles. The second-order valence-corrected chi connectivity index (χ2v) is 9.16. The van der Waals surface area contributed by atoms with Crippen molar-refractivity contribution < 1.29 is 9.53 Å². The molecule has 2 saturated heterocycles.